The van der Waals surface area contributed by atoms with E-state index in [-0.39, 0.29) is 22.9 Å². The third kappa shape index (κ3) is 6.89. The van der Waals surface area contributed by atoms with Crippen molar-refractivity contribution in [1.82, 2.24) is 13.9 Å². The first-order valence-corrected chi connectivity index (χ1v) is 13.9. The number of carbonyl (C=O) groups excluding carboxylic acids is 1. The van der Waals surface area contributed by atoms with Crippen LogP contribution < -0.4 is 5.32 Å². The molecule has 0 aliphatic carbocycles. The topological polar surface area (TPSA) is 104 Å². The molecule has 8 nitrogen and oxygen atoms in total. The van der Waals surface area contributed by atoms with Gasteiger partial charge in [0.2, 0.25) is 26.0 Å². The molecular weight excluding hydrogens is 529 g/mol. The van der Waals surface area contributed by atoms with Gasteiger partial charge in [-0.25, -0.2) is 25.5 Å². The number of halogens is 2. The number of rotatable bonds is 10. The third-order valence-electron chi connectivity index (χ3n) is 5.24. The monoisotopic (exact) mass is 553 g/mol. The van der Waals surface area contributed by atoms with Crippen molar-refractivity contribution in [2.24, 2.45) is 0 Å². The van der Waals surface area contributed by atoms with E-state index in [1.54, 1.807) is 12.1 Å². The van der Waals surface area contributed by atoms with Crippen LogP contribution in [0.4, 0.5) is 4.39 Å². The highest BCUT2D eigenvalue weighted by molar-refractivity contribution is 7.89. The average molecular weight is 554 g/mol. The number of carbonyl (C=O) groups is 1. The van der Waals surface area contributed by atoms with Gasteiger partial charge in [-0.15, -0.1) is 0 Å². The summed E-state index contributed by atoms with van der Waals surface area (Å²) in [7, 11) is -4.80. The zero-order chi connectivity index (χ0) is 26.5. The minimum absolute atomic E-state index is 0.0421. The second kappa shape index (κ2) is 11.5. The summed E-state index contributed by atoms with van der Waals surface area (Å²) in [5.74, 6) is -1.03. The third-order valence-corrected chi connectivity index (χ3v) is 9.12. The first-order chi connectivity index (χ1) is 16.9. The van der Waals surface area contributed by atoms with E-state index >= 15 is 0 Å². The molecule has 0 saturated heterocycles. The molecule has 0 aliphatic heterocycles. The summed E-state index contributed by atoms with van der Waals surface area (Å²) in [6, 6.07) is 16.9. The molecule has 0 fully saturated rings. The van der Waals surface area contributed by atoms with Crippen molar-refractivity contribution in [3.05, 3.63) is 94.8 Å². The fourth-order valence-electron chi connectivity index (χ4n) is 3.18. The molecule has 0 aromatic heterocycles. The molecule has 0 bridgehead atoms. The fourth-order valence-corrected chi connectivity index (χ4v) is 5.59. The summed E-state index contributed by atoms with van der Waals surface area (Å²) < 4.78 is 66.4. The van der Waals surface area contributed by atoms with Gasteiger partial charge in [-0.2, -0.15) is 4.31 Å². The smallest absolute Gasteiger partial charge is 0.243 e. The number of nitrogens with zero attached hydrogens (tertiary/aromatic N) is 2. The van der Waals surface area contributed by atoms with Gasteiger partial charge in [0.05, 0.1) is 16.3 Å². The molecule has 192 valence electrons. The number of amides is 1. The van der Waals surface area contributed by atoms with Crippen LogP contribution >= 0.6 is 11.6 Å². The SMILES string of the molecule is CN(C)S(=O)(=O)c1ccc(CNC(=O)CN(Cc2ccc(F)cc2)S(=O)(=O)c2ccc(Cl)cc2)cc1. The first-order valence-electron chi connectivity index (χ1n) is 10.7. The maximum absolute atomic E-state index is 13.3. The van der Waals surface area contributed by atoms with Crippen LogP contribution in [0.3, 0.4) is 0 Å². The van der Waals surface area contributed by atoms with E-state index in [9.17, 15) is 26.0 Å². The minimum atomic E-state index is -4.09. The van der Waals surface area contributed by atoms with Gasteiger partial charge in [-0.3, -0.25) is 4.79 Å². The molecule has 0 saturated carbocycles. The molecule has 0 heterocycles. The minimum Gasteiger partial charge on any atom is -0.351 e. The summed E-state index contributed by atoms with van der Waals surface area (Å²) in [6.07, 6.45) is 0. The summed E-state index contributed by atoms with van der Waals surface area (Å²) in [5, 5.41) is 3.01. The maximum atomic E-state index is 13.3. The standard InChI is InChI=1S/C24H25ClFN3O5S2/c1-28(2)35(31,32)22-11-5-18(6-12-22)15-27-24(30)17-29(16-19-3-9-21(26)10-4-19)36(33,34)23-13-7-20(25)8-14-23/h3-14H,15-17H2,1-2H3,(H,27,30). The Morgan fingerprint density at radius 3 is 1.86 bits per heavy atom. The Kier molecular flexibility index (Phi) is 8.85. The molecule has 3 aromatic rings. The molecule has 36 heavy (non-hydrogen) atoms. The molecule has 0 aliphatic rings. The highest BCUT2D eigenvalue weighted by Gasteiger charge is 2.27. The van der Waals surface area contributed by atoms with E-state index in [4.69, 9.17) is 11.6 Å². The first kappa shape index (κ1) is 27.8. The van der Waals surface area contributed by atoms with Crippen molar-refractivity contribution in [3.8, 4) is 0 Å². The van der Waals surface area contributed by atoms with Crippen LogP contribution in [0.15, 0.2) is 82.6 Å². The fraction of sp³-hybridized carbons (Fsp3) is 0.208. The lowest BCUT2D eigenvalue weighted by molar-refractivity contribution is -0.121. The highest BCUT2D eigenvalue weighted by Crippen LogP contribution is 2.21. The Bertz CT molecular complexity index is 1410. The second-order valence-electron chi connectivity index (χ2n) is 8.06. The van der Waals surface area contributed by atoms with Gasteiger partial charge in [0, 0.05) is 32.2 Å². The number of nitrogens with one attached hydrogen (secondary N) is 1. The van der Waals surface area contributed by atoms with Crippen LogP contribution in [0.2, 0.25) is 5.02 Å². The Hall–Kier alpha value is -2.83. The van der Waals surface area contributed by atoms with Crippen molar-refractivity contribution < 1.29 is 26.0 Å². The van der Waals surface area contributed by atoms with Crippen LogP contribution in [0.1, 0.15) is 11.1 Å². The van der Waals surface area contributed by atoms with Crippen LogP contribution in [-0.4, -0.2) is 52.0 Å². The van der Waals surface area contributed by atoms with Gasteiger partial charge in [0.15, 0.2) is 0 Å². The molecule has 3 rings (SSSR count). The maximum Gasteiger partial charge on any atom is 0.243 e. The Balaban J connectivity index is 1.75. The zero-order valence-corrected chi connectivity index (χ0v) is 21.9. The predicted octanol–water partition coefficient (Wildman–Crippen LogP) is 3.24. The van der Waals surface area contributed by atoms with Crippen molar-refractivity contribution in [2.45, 2.75) is 22.9 Å². The Morgan fingerprint density at radius 1 is 0.806 bits per heavy atom. The number of hydrogen-bond acceptors (Lipinski definition) is 5. The van der Waals surface area contributed by atoms with Gasteiger partial charge < -0.3 is 5.32 Å². The van der Waals surface area contributed by atoms with E-state index in [1.165, 1.54) is 74.8 Å². The summed E-state index contributed by atoms with van der Waals surface area (Å²) in [6.45, 7) is -0.586. The van der Waals surface area contributed by atoms with Crippen LogP contribution in [-0.2, 0) is 37.9 Å². The van der Waals surface area contributed by atoms with Crippen molar-refractivity contribution in [1.29, 1.82) is 0 Å². The largest absolute Gasteiger partial charge is 0.351 e. The van der Waals surface area contributed by atoms with Crippen molar-refractivity contribution >= 4 is 37.6 Å². The second-order valence-corrected chi connectivity index (χ2v) is 12.6. The Labute approximate surface area is 215 Å². The lowest BCUT2D eigenvalue weighted by Crippen LogP contribution is -2.40. The molecule has 1 amide bonds. The van der Waals surface area contributed by atoms with E-state index < -0.39 is 38.3 Å². The average Bonchev–Trinajstić information content (AvgIpc) is 2.84. The Morgan fingerprint density at radius 2 is 1.31 bits per heavy atom. The van der Waals surface area contributed by atoms with E-state index in [2.05, 4.69) is 5.32 Å². The van der Waals surface area contributed by atoms with Gasteiger partial charge >= 0.3 is 0 Å². The number of benzene rings is 3. The van der Waals surface area contributed by atoms with E-state index in [1.807, 2.05) is 0 Å². The summed E-state index contributed by atoms with van der Waals surface area (Å²) in [4.78, 5) is 12.8. The molecule has 3 aromatic carbocycles. The van der Waals surface area contributed by atoms with Gasteiger partial charge in [-0.05, 0) is 59.7 Å². The van der Waals surface area contributed by atoms with E-state index in [0.717, 1.165) is 8.61 Å². The molecule has 0 unspecified atom stereocenters. The molecule has 0 spiro atoms. The normalized spacial score (nSPS) is 12.2. The number of sulfonamides is 2. The van der Waals surface area contributed by atoms with Gasteiger partial charge in [0.1, 0.15) is 5.82 Å². The zero-order valence-electron chi connectivity index (χ0n) is 19.6. The van der Waals surface area contributed by atoms with Crippen LogP contribution in [0.5, 0.6) is 0 Å². The van der Waals surface area contributed by atoms with E-state index in [0.29, 0.717) is 16.1 Å². The molecule has 0 radical (unpaired) electrons. The number of hydrogen-bond donors (Lipinski definition) is 1. The van der Waals surface area contributed by atoms with Gasteiger partial charge in [0.25, 0.3) is 0 Å². The van der Waals surface area contributed by atoms with Crippen LogP contribution in [0.25, 0.3) is 0 Å². The lowest BCUT2D eigenvalue weighted by atomic mass is 10.2. The molecular formula is C24H25ClFN3O5S2. The summed E-state index contributed by atoms with van der Waals surface area (Å²) in [5.41, 5.74) is 1.13. The predicted molar refractivity (Wildman–Crippen MR) is 135 cm³/mol. The van der Waals surface area contributed by atoms with Crippen molar-refractivity contribution in [2.75, 3.05) is 20.6 Å². The molecule has 0 atom stereocenters. The lowest BCUT2D eigenvalue weighted by Gasteiger charge is -2.22. The molecule has 12 heteroatoms. The highest BCUT2D eigenvalue weighted by atomic mass is 35.5. The quantitative estimate of drug-likeness (QED) is 0.415. The van der Waals surface area contributed by atoms with Gasteiger partial charge in [-0.1, -0.05) is 35.9 Å². The van der Waals surface area contributed by atoms with Crippen LogP contribution in [0, 0.1) is 5.82 Å². The summed E-state index contributed by atoms with van der Waals surface area (Å²) >= 11 is 5.88. The molecule has 1 N–H and O–H groups in total. The van der Waals surface area contributed by atoms with Crippen molar-refractivity contribution in [3.63, 3.8) is 0 Å².